The SMILES string of the molecule is CC(Cc1nc2c(cnn2[C@@H]2CCNC[C@H]2C)c(-c2ccc3c(c2)OCC(=O)N3Cc2ncc(Cl)cn2)c1C#N)C(F)(F)F. The fraction of sp³-hybridized carbons (Fsp3) is 0.400. The van der Waals surface area contributed by atoms with Crippen LogP contribution in [-0.2, 0) is 17.8 Å². The quantitative estimate of drug-likeness (QED) is 0.309. The van der Waals surface area contributed by atoms with Crippen molar-refractivity contribution in [3.05, 3.63) is 58.9 Å². The van der Waals surface area contributed by atoms with Crippen molar-refractivity contribution < 1.29 is 22.7 Å². The van der Waals surface area contributed by atoms with Gasteiger partial charge in [-0.3, -0.25) is 9.69 Å². The number of carbonyl (C=O) groups is 1. The van der Waals surface area contributed by atoms with Crippen molar-refractivity contribution in [2.24, 2.45) is 11.8 Å². The topological polar surface area (TPSA) is 122 Å². The van der Waals surface area contributed by atoms with Gasteiger partial charge in [0.15, 0.2) is 12.3 Å². The summed E-state index contributed by atoms with van der Waals surface area (Å²) in [6.07, 6.45) is 0.358. The molecule has 1 saturated heterocycles. The van der Waals surface area contributed by atoms with Gasteiger partial charge in [-0.25, -0.2) is 19.6 Å². The number of nitrogens with zero attached hydrogens (tertiary/aromatic N) is 7. The number of fused-ring (bicyclic) bond motifs is 2. The van der Waals surface area contributed by atoms with Gasteiger partial charge in [-0.1, -0.05) is 31.5 Å². The second kappa shape index (κ2) is 11.7. The molecule has 0 bridgehead atoms. The zero-order chi connectivity index (χ0) is 31.2. The number of piperidine rings is 1. The summed E-state index contributed by atoms with van der Waals surface area (Å²) in [5.74, 6) is -1.06. The van der Waals surface area contributed by atoms with E-state index in [-0.39, 0.29) is 42.3 Å². The van der Waals surface area contributed by atoms with Crippen LogP contribution in [0, 0.1) is 23.2 Å². The van der Waals surface area contributed by atoms with E-state index in [0.717, 1.165) is 26.4 Å². The van der Waals surface area contributed by atoms with Crippen molar-refractivity contribution in [3.63, 3.8) is 0 Å². The van der Waals surface area contributed by atoms with Gasteiger partial charge in [-0.15, -0.1) is 0 Å². The maximum Gasteiger partial charge on any atom is 0.391 e. The van der Waals surface area contributed by atoms with Crippen LogP contribution < -0.4 is 15.0 Å². The summed E-state index contributed by atoms with van der Waals surface area (Å²) in [6, 6.07) is 7.20. The van der Waals surface area contributed by atoms with Crippen molar-refractivity contribution >= 4 is 34.2 Å². The van der Waals surface area contributed by atoms with E-state index in [2.05, 4.69) is 38.4 Å². The molecule has 10 nitrogen and oxygen atoms in total. The molecular formula is C30H28ClF3N8O2. The van der Waals surface area contributed by atoms with Crippen LogP contribution >= 0.6 is 11.6 Å². The van der Waals surface area contributed by atoms with Crippen LogP contribution in [-0.4, -0.2) is 56.5 Å². The molecule has 0 radical (unpaired) electrons. The van der Waals surface area contributed by atoms with Gasteiger partial charge < -0.3 is 10.1 Å². The van der Waals surface area contributed by atoms with E-state index < -0.39 is 18.5 Å². The van der Waals surface area contributed by atoms with Crippen LogP contribution in [0.1, 0.15) is 43.4 Å². The number of hydrogen-bond acceptors (Lipinski definition) is 8. The minimum Gasteiger partial charge on any atom is -0.482 e. The summed E-state index contributed by atoms with van der Waals surface area (Å²) in [5, 5.41) is 19.2. The van der Waals surface area contributed by atoms with Crippen molar-refractivity contribution in [3.8, 4) is 22.9 Å². The van der Waals surface area contributed by atoms with E-state index in [0.29, 0.717) is 44.4 Å². The Bertz CT molecular complexity index is 1770. The average molecular weight is 625 g/mol. The molecule has 1 unspecified atom stereocenters. The predicted octanol–water partition coefficient (Wildman–Crippen LogP) is 5.25. The minimum atomic E-state index is -4.46. The Labute approximate surface area is 255 Å². The number of halogens is 4. The highest BCUT2D eigenvalue weighted by molar-refractivity contribution is 6.30. The van der Waals surface area contributed by atoms with Gasteiger partial charge in [0.25, 0.3) is 5.91 Å². The predicted molar refractivity (Wildman–Crippen MR) is 156 cm³/mol. The van der Waals surface area contributed by atoms with Crippen LogP contribution in [0.4, 0.5) is 18.9 Å². The second-order valence-electron chi connectivity index (χ2n) is 11.2. The largest absolute Gasteiger partial charge is 0.482 e. The van der Waals surface area contributed by atoms with Gasteiger partial charge in [-0.05, 0) is 43.1 Å². The number of nitrogens with one attached hydrogen (secondary N) is 1. The van der Waals surface area contributed by atoms with Crippen LogP contribution in [0.15, 0.2) is 36.8 Å². The highest BCUT2D eigenvalue weighted by atomic mass is 35.5. The molecule has 228 valence electrons. The lowest BCUT2D eigenvalue weighted by molar-refractivity contribution is -0.169. The number of alkyl halides is 3. The molecule has 2 aliphatic heterocycles. The number of amides is 1. The highest BCUT2D eigenvalue weighted by Crippen LogP contribution is 2.42. The molecule has 1 amide bonds. The molecule has 1 aromatic carbocycles. The molecule has 6 rings (SSSR count). The number of benzene rings is 1. The van der Waals surface area contributed by atoms with Crippen LogP contribution in [0.5, 0.6) is 5.75 Å². The van der Waals surface area contributed by atoms with Crippen molar-refractivity contribution in [2.45, 2.75) is 45.5 Å². The number of aromatic nitrogens is 5. The number of hydrogen-bond donors (Lipinski definition) is 1. The molecule has 1 N–H and O–H groups in total. The molecule has 3 atom stereocenters. The van der Waals surface area contributed by atoms with E-state index in [4.69, 9.17) is 16.3 Å². The monoisotopic (exact) mass is 624 g/mol. The van der Waals surface area contributed by atoms with Crippen LogP contribution in [0.2, 0.25) is 5.02 Å². The molecule has 14 heteroatoms. The van der Waals surface area contributed by atoms with Gasteiger partial charge in [0, 0.05) is 29.8 Å². The molecule has 0 saturated carbocycles. The highest BCUT2D eigenvalue weighted by Gasteiger charge is 2.38. The van der Waals surface area contributed by atoms with E-state index in [1.807, 2.05) is 0 Å². The summed E-state index contributed by atoms with van der Waals surface area (Å²) in [5.41, 5.74) is 1.95. The summed E-state index contributed by atoms with van der Waals surface area (Å²) in [7, 11) is 0. The standard InChI is InChI=1S/C30H28ClF3N8O2/c1-16-10-36-6-5-23(16)42-29-21(13-39-42)28(20(9-35)22(40-29)7-17(2)30(32,33)34)18-3-4-24-25(8-18)44-15-27(43)41(24)14-26-37-11-19(31)12-38-26/h3-4,8,11-13,16-17,23,36H,5-7,10,14-15H2,1-2H3/t16-,17?,23-/m1/s1. The van der Waals surface area contributed by atoms with Crippen LogP contribution in [0.25, 0.3) is 22.2 Å². The van der Waals surface area contributed by atoms with E-state index in [1.54, 1.807) is 29.1 Å². The lowest BCUT2D eigenvalue weighted by atomic mass is 9.92. The lowest BCUT2D eigenvalue weighted by Gasteiger charge is -2.30. The molecule has 3 aromatic heterocycles. The number of nitriles is 1. The molecule has 44 heavy (non-hydrogen) atoms. The maximum atomic E-state index is 13.7. The maximum absolute atomic E-state index is 13.7. The molecule has 0 spiro atoms. The normalized spacial score (nSPS) is 19.4. The number of anilines is 1. The van der Waals surface area contributed by atoms with Gasteiger partial charge in [-0.2, -0.15) is 23.5 Å². The van der Waals surface area contributed by atoms with Crippen molar-refractivity contribution in [1.82, 2.24) is 30.0 Å². The third kappa shape index (κ3) is 5.55. The zero-order valence-corrected chi connectivity index (χ0v) is 24.7. The minimum absolute atomic E-state index is 0.0172. The number of ether oxygens (including phenoxy) is 1. The summed E-state index contributed by atoms with van der Waals surface area (Å²) < 4.78 is 48.7. The summed E-state index contributed by atoms with van der Waals surface area (Å²) in [6.45, 7) is 4.56. The van der Waals surface area contributed by atoms with E-state index in [9.17, 15) is 23.2 Å². The number of pyridine rings is 1. The second-order valence-corrected chi connectivity index (χ2v) is 11.6. The number of rotatable bonds is 6. The molecule has 1 fully saturated rings. The Balaban J connectivity index is 1.49. The Morgan fingerprint density at radius 1 is 1.25 bits per heavy atom. The average Bonchev–Trinajstić information content (AvgIpc) is 3.41. The fourth-order valence-corrected chi connectivity index (χ4v) is 5.88. The lowest BCUT2D eigenvalue weighted by Crippen LogP contribution is -2.38. The molecule has 0 aliphatic carbocycles. The Hall–Kier alpha value is -4.28. The third-order valence-electron chi connectivity index (χ3n) is 8.21. The third-order valence-corrected chi connectivity index (χ3v) is 8.40. The zero-order valence-electron chi connectivity index (χ0n) is 23.9. The Morgan fingerprint density at radius 3 is 2.73 bits per heavy atom. The first-order valence-electron chi connectivity index (χ1n) is 14.2. The van der Waals surface area contributed by atoms with Gasteiger partial charge in [0.1, 0.15) is 17.6 Å². The van der Waals surface area contributed by atoms with Gasteiger partial charge in [0.2, 0.25) is 0 Å². The first-order chi connectivity index (χ1) is 21.0. The van der Waals surface area contributed by atoms with Crippen molar-refractivity contribution in [1.29, 1.82) is 5.26 Å². The molecule has 5 heterocycles. The van der Waals surface area contributed by atoms with Crippen molar-refractivity contribution in [2.75, 3.05) is 24.6 Å². The van der Waals surface area contributed by atoms with E-state index in [1.165, 1.54) is 17.3 Å². The number of carbonyl (C=O) groups excluding carboxylic acids is 1. The van der Waals surface area contributed by atoms with Gasteiger partial charge in [0.05, 0.1) is 46.7 Å². The van der Waals surface area contributed by atoms with E-state index >= 15 is 0 Å². The molecular weight excluding hydrogens is 597 g/mol. The molecule has 4 aromatic rings. The van der Waals surface area contributed by atoms with Gasteiger partial charge >= 0.3 is 6.18 Å². The molecule has 2 aliphatic rings. The van der Waals surface area contributed by atoms with Crippen LogP contribution in [0.3, 0.4) is 0 Å². The fourth-order valence-electron chi connectivity index (χ4n) is 5.78. The smallest absolute Gasteiger partial charge is 0.391 e. The summed E-state index contributed by atoms with van der Waals surface area (Å²) in [4.78, 5) is 27.4. The summed E-state index contributed by atoms with van der Waals surface area (Å²) >= 11 is 5.90. The first-order valence-corrected chi connectivity index (χ1v) is 14.5. The Morgan fingerprint density at radius 2 is 2.02 bits per heavy atom. The first kappa shape index (κ1) is 29.8. The Kier molecular flexibility index (Phi) is 7.89.